The van der Waals surface area contributed by atoms with E-state index in [1.807, 2.05) is 6.07 Å². The van der Waals surface area contributed by atoms with Crippen LogP contribution in [0.1, 0.15) is 32.8 Å². The van der Waals surface area contributed by atoms with Crippen LogP contribution < -0.4 is 5.73 Å². The highest BCUT2D eigenvalue weighted by Crippen LogP contribution is 2.21. The molecule has 0 heterocycles. The van der Waals surface area contributed by atoms with Crippen molar-refractivity contribution in [2.45, 2.75) is 39.7 Å². The fourth-order valence-corrected chi connectivity index (χ4v) is 1.83. The number of rotatable bonds is 3. The molecule has 0 radical (unpaired) electrons. The van der Waals surface area contributed by atoms with Gasteiger partial charge in [0.15, 0.2) is 0 Å². The highest BCUT2D eigenvalue weighted by atomic mass is 19.1. The zero-order valence-electron chi connectivity index (χ0n) is 9.76. The van der Waals surface area contributed by atoms with Gasteiger partial charge in [0.25, 0.3) is 0 Å². The third kappa shape index (κ3) is 4.93. The normalized spacial score (nSPS) is 13.9. The Morgan fingerprint density at radius 3 is 2.53 bits per heavy atom. The van der Waals surface area contributed by atoms with Crippen LogP contribution in [0.3, 0.4) is 0 Å². The van der Waals surface area contributed by atoms with E-state index in [-0.39, 0.29) is 17.3 Å². The van der Waals surface area contributed by atoms with Gasteiger partial charge in [0.1, 0.15) is 5.82 Å². The molecule has 0 aliphatic rings. The highest BCUT2D eigenvalue weighted by Gasteiger charge is 2.15. The number of hydrogen-bond acceptors (Lipinski definition) is 1. The molecule has 0 aromatic heterocycles. The Morgan fingerprint density at radius 2 is 2.00 bits per heavy atom. The molecule has 15 heavy (non-hydrogen) atoms. The summed E-state index contributed by atoms with van der Waals surface area (Å²) in [6.07, 6.45) is 1.69. The fourth-order valence-electron chi connectivity index (χ4n) is 1.83. The Morgan fingerprint density at radius 1 is 1.33 bits per heavy atom. The Bertz CT molecular complexity index is 315. The number of halogens is 1. The van der Waals surface area contributed by atoms with Crippen LogP contribution in [0.2, 0.25) is 0 Å². The van der Waals surface area contributed by atoms with E-state index < -0.39 is 0 Å². The summed E-state index contributed by atoms with van der Waals surface area (Å²) in [6, 6.07) is 6.77. The largest absolute Gasteiger partial charge is 0.327 e. The van der Waals surface area contributed by atoms with Crippen LogP contribution in [0, 0.1) is 11.2 Å². The van der Waals surface area contributed by atoms with Crippen molar-refractivity contribution in [3.63, 3.8) is 0 Å². The number of nitrogens with two attached hydrogens (primary N) is 1. The third-order valence-electron chi connectivity index (χ3n) is 2.26. The van der Waals surface area contributed by atoms with Crippen LogP contribution in [-0.4, -0.2) is 6.04 Å². The average Bonchev–Trinajstić information content (AvgIpc) is 1.99. The molecule has 1 aromatic carbocycles. The molecule has 0 saturated carbocycles. The molecule has 1 nitrogen and oxygen atoms in total. The van der Waals surface area contributed by atoms with Gasteiger partial charge in [-0.05, 0) is 36.0 Å². The molecule has 0 saturated heterocycles. The lowest BCUT2D eigenvalue weighted by atomic mass is 9.86. The Kier molecular flexibility index (Phi) is 3.86. The molecule has 84 valence electrons. The van der Waals surface area contributed by atoms with Gasteiger partial charge >= 0.3 is 0 Å². The van der Waals surface area contributed by atoms with Gasteiger partial charge in [-0.2, -0.15) is 0 Å². The molecule has 0 fully saturated rings. The summed E-state index contributed by atoms with van der Waals surface area (Å²) >= 11 is 0. The zero-order chi connectivity index (χ0) is 11.5. The third-order valence-corrected chi connectivity index (χ3v) is 2.26. The van der Waals surface area contributed by atoms with Crippen LogP contribution in [-0.2, 0) is 6.42 Å². The Labute approximate surface area is 91.5 Å². The molecule has 1 atom stereocenters. The van der Waals surface area contributed by atoms with Crippen LogP contribution in [0.15, 0.2) is 24.3 Å². The van der Waals surface area contributed by atoms with Crippen LogP contribution in [0.5, 0.6) is 0 Å². The predicted molar refractivity (Wildman–Crippen MR) is 62.2 cm³/mol. The van der Waals surface area contributed by atoms with Gasteiger partial charge in [0, 0.05) is 6.04 Å². The number of benzene rings is 1. The monoisotopic (exact) mass is 209 g/mol. The summed E-state index contributed by atoms with van der Waals surface area (Å²) in [5, 5.41) is 0. The van der Waals surface area contributed by atoms with E-state index in [4.69, 9.17) is 5.73 Å². The summed E-state index contributed by atoms with van der Waals surface area (Å²) in [6.45, 7) is 6.50. The summed E-state index contributed by atoms with van der Waals surface area (Å²) in [5.74, 6) is -0.185. The van der Waals surface area contributed by atoms with E-state index in [0.717, 1.165) is 18.4 Å². The number of hydrogen-bond donors (Lipinski definition) is 1. The lowest BCUT2D eigenvalue weighted by molar-refractivity contribution is 0.338. The first-order valence-corrected chi connectivity index (χ1v) is 5.37. The minimum atomic E-state index is -0.185. The van der Waals surface area contributed by atoms with Crippen LogP contribution in [0.4, 0.5) is 4.39 Å². The van der Waals surface area contributed by atoms with Crippen molar-refractivity contribution in [1.82, 2.24) is 0 Å². The van der Waals surface area contributed by atoms with Gasteiger partial charge in [0.2, 0.25) is 0 Å². The second-order valence-corrected chi connectivity index (χ2v) is 5.36. The highest BCUT2D eigenvalue weighted by molar-refractivity contribution is 5.17. The van der Waals surface area contributed by atoms with Crippen molar-refractivity contribution < 1.29 is 4.39 Å². The standard InChI is InChI=1S/C13H20FN/c1-13(2,3)9-12(15)8-10-5-4-6-11(14)7-10/h4-7,12H,8-9,15H2,1-3H3. The fraction of sp³-hybridized carbons (Fsp3) is 0.538. The molecular formula is C13H20FN. The molecule has 2 N–H and O–H groups in total. The molecule has 0 aliphatic carbocycles. The molecule has 1 rings (SSSR count). The summed E-state index contributed by atoms with van der Waals surface area (Å²) in [5.41, 5.74) is 7.23. The molecule has 0 bridgehead atoms. The van der Waals surface area contributed by atoms with E-state index in [1.165, 1.54) is 6.07 Å². The topological polar surface area (TPSA) is 26.0 Å². The minimum absolute atomic E-state index is 0.104. The van der Waals surface area contributed by atoms with Crippen LogP contribution in [0.25, 0.3) is 0 Å². The van der Waals surface area contributed by atoms with E-state index in [2.05, 4.69) is 20.8 Å². The van der Waals surface area contributed by atoms with Gasteiger partial charge in [-0.3, -0.25) is 0 Å². The van der Waals surface area contributed by atoms with E-state index in [1.54, 1.807) is 12.1 Å². The first kappa shape index (κ1) is 12.2. The smallest absolute Gasteiger partial charge is 0.123 e. The van der Waals surface area contributed by atoms with Crippen molar-refractivity contribution in [2.24, 2.45) is 11.1 Å². The van der Waals surface area contributed by atoms with E-state index >= 15 is 0 Å². The molecular weight excluding hydrogens is 189 g/mol. The first-order valence-electron chi connectivity index (χ1n) is 5.37. The van der Waals surface area contributed by atoms with E-state index in [0.29, 0.717) is 0 Å². The van der Waals surface area contributed by atoms with Crippen molar-refractivity contribution in [2.75, 3.05) is 0 Å². The van der Waals surface area contributed by atoms with Gasteiger partial charge in [0.05, 0.1) is 0 Å². The lowest BCUT2D eigenvalue weighted by Gasteiger charge is -2.23. The van der Waals surface area contributed by atoms with Crippen molar-refractivity contribution in [1.29, 1.82) is 0 Å². The maximum Gasteiger partial charge on any atom is 0.123 e. The van der Waals surface area contributed by atoms with Crippen molar-refractivity contribution in [3.05, 3.63) is 35.6 Å². The molecule has 0 amide bonds. The predicted octanol–water partition coefficient (Wildman–Crippen LogP) is 3.13. The quantitative estimate of drug-likeness (QED) is 0.813. The molecule has 0 aliphatic heterocycles. The zero-order valence-corrected chi connectivity index (χ0v) is 9.76. The SMILES string of the molecule is CC(C)(C)CC(N)Cc1cccc(F)c1. The van der Waals surface area contributed by atoms with Crippen molar-refractivity contribution >= 4 is 0 Å². The summed E-state index contributed by atoms with van der Waals surface area (Å²) < 4.78 is 12.9. The summed E-state index contributed by atoms with van der Waals surface area (Å²) in [4.78, 5) is 0. The Hall–Kier alpha value is -0.890. The maximum absolute atomic E-state index is 12.9. The minimum Gasteiger partial charge on any atom is -0.327 e. The van der Waals surface area contributed by atoms with Crippen molar-refractivity contribution in [3.8, 4) is 0 Å². The maximum atomic E-state index is 12.9. The molecule has 0 spiro atoms. The van der Waals surface area contributed by atoms with Gasteiger partial charge < -0.3 is 5.73 Å². The van der Waals surface area contributed by atoms with Gasteiger partial charge in [-0.15, -0.1) is 0 Å². The lowest BCUT2D eigenvalue weighted by Crippen LogP contribution is -2.28. The molecule has 1 unspecified atom stereocenters. The second-order valence-electron chi connectivity index (χ2n) is 5.36. The first-order chi connectivity index (χ1) is 6.87. The average molecular weight is 209 g/mol. The van der Waals surface area contributed by atoms with E-state index in [9.17, 15) is 4.39 Å². The summed E-state index contributed by atoms with van der Waals surface area (Å²) in [7, 11) is 0. The van der Waals surface area contributed by atoms with Gasteiger partial charge in [-0.25, -0.2) is 4.39 Å². The van der Waals surface area contributed by atoms with Gasteiger partial charge in [-0.1, -0.05) is 32.9 Å². The Balaban J connectivity index is 2.55. The molecule has 2 heteroatoms. The van der Waals surface area contributed by atoms with Crippen LogP contribution >= 0.6 is 0 Å². The molecule has 1 aromatic rings. The second kappa shape index (κ2) is 4.75.